The van der Waals surface area contributed by atoms with Gasteiger partial charge in [0.1, 0.15) is 11.1 Å². The second-order valence-corrected chi connectivity index (χ2v) is 4.92. The van der Waals surface area contributed by atoms with Gasteiger partial charge in [0.25, 0.3) is 5.91 Å². The zero-order valence-corrected chi connectivity index (χ0v) is 12.2. The number of carbonyl (C=O) groups is 2. The molecular formula is C16H11F4NO3. The van der Waals surface area contributed by atoms with Crippen LogP contribution in [-0.2, 0) is 0 Å². The van der Waals surface area contributed by atoms with Gasteiger partial charge in [-0.3, -0.25) is 4.79 Å². The quantitative estimate of drug-likeness (QED) is 0.509. The van der Waals surface area contributed by atoms with E-state index in [0.717, 1.165) is 0 Å². The van der Waals surface area contributed by atoms with Crippen LogP contribution in [-0.4, -0.2) is 17.0 Å². The standard InChI is InChI=1S/C16H11F4NO3/c1-7(8-5-3-2-4-6-8)21-15(22)9-11(17)10(16(23)24)13(19)14(20)12(9)18/h2-7H,1H3,(H,21,22)(H,23,24)/t7-/m1/s1. The van der Waals surface area contributed by atoms with Crippen molar-refractivity contribution in [1.29, 1.82) is 0 Å². The second kappa shape index (κ2) is 6.69. The van der Waals surface area contributed by atoms with E-state index in [9.17, 15) is 27.2 Å². The molecule has 2 N–H and O–H groups in total. The number of hydrogen-bond acceptors (Lipinski definition) is 2. The number of hydrogen-bond donors (Lipinski definition) is 2. The number of nitrogens with one attached hydrogen (secondary N) is 1. The van der Waals surface area contributed by atoms with E-state index < -0.39 is 52.3 Å². The van der Waals surface area contributed by atoms with Gasteiger partial charge in [-0.15, -0.1) is 0 Å². The van der Waals surface area contributed by atoms with Gasteiger partial charge >= 0.3 is 5.97 Å². The minimum atomic E-state index is -2.23. The first kappa shape index (κ1) is 17.5. The van der Waals surface area contributed by atoms with Crippen LogP contribution in [0.15, 0.2) is 30.3 Å². The summed E-state index contributed by atoms with van der Waals surface area (Å²) in [6, 6.07) is 7.60. The van der Waals surface area contributed by atoms with Crippen molar-refractivity contribution in [1.82, 2.24) is 5.32 Å². The van der Waals surface area contributed by atoms with Gasteiger partial charge in [0, 0.05) is 0 Å². The maximum atomic E-state index is 14.0. The second-order valence-electron chi connectivity index (χ2n) is 4.92. The van der Waals surface area contributed by atoms with Crippen LogP contribution in [0.5, 0.6) is 0 Å². The Labute approximate surface area is 133 Å². The predicted molar refractivity (Wildman–Crippen MR) is 75.6 cm³/mol. The van der Waals surface area contributed by atoms with Crippen molar-refractivity contribution >= 4 is 11.9 Å². The van der Waals surface area contributed by atoms with Crippen LogP contribution in [0.3, 0.4) is 0 Å². The Hall–Kier alpha value is -2.90. The van der Waals surface area contributed by atoms with Gasteiger partial charge in [-0.2, -0.15) is 0 Å². The van der Waals surface area contributed by atoms with Crippen molar-refractivity contribution in [3.63, 3.8) is 0 Å². The van der Waals surface area contributed by atoms with Crippen molar-refractivity contribution in [3.05, 3.63) is 70.3 Å². The molecule has 126 valence electrons. The van der Waals surface area contributed by atoms with E-state index in [4.69, 9.17) is 5.11 Å². The highest BCUT2D eigenvalue weighted by Gasteiger charge is 2.32. The molecule has 0 radical (unpaired) electrons. The van der Waals surface area contributed by atoms with Crippen molar-refractivity contribution in [2.24, 2.45) is 0 Å². The zero-order chi connectivity index (χ0) is 18.0. The molecule has 1 amide bonds. The molecule has 8 heteroatoms. The molecule has 1 atom stereocenters. The van der Waals surface area contributed by atoms with E-state index in [1.165, 1.54) is 6.92 Å². The summed E-state index contributed by atoms with van der Waals surface area (Å²) in [5.41, 5.74) is -2.63. The number of carboxylic acids is 1. The molecule has 0 aliphatic rings. The molecule has 0 fully saturated rings. The number of benzene rings is 2. The van der Waals surface area contributed by atoms with Gasteiger partial charge in [0.2, 0.25) is 0 Å². The first-order valence-electron chi connectivity index (χ1n) is 6.70. The predicted octanol–water partition coefficient (Wildman–Crippen LogP) is 3.43. The van der Waals surface area contributed by atoms with Crippen LogP contribution < -0.4 is 5.32 Å². The van der Waals surface area contributed by atoms with Crippen molar-refractivity contribution in [2.75, 3.05) is 0 Å². The Morgan fingerprint density at radius 2 is 1.46 bits per heavy atom. The fourth-order valence-electron chi connectivity index (χ4n) is 2.11. The van der Waals surface area contributed by atoms with E-state index in [1.54, 1.807) is 30.3 Å². The van der Waals surface area contributed by atoms with Crippen LogP contribution in [0.1, 0.15) is 39.2 Å². The molecule has 2 aromatic rings. The fourth-order valence-corrected chi connectivity index (χ4v) is 2.11. The van der Waals surface area contributed by atoms with Crippen LogP contribution in [0, 0.1) is 23.3 Å². The molecule has 0 spiro atoms. The number of carbonyl (C=O) groups excluding carboxylic acids is 1. The maximum absolute atomic E-state index is 14.0. The average molecular weight is 341 g/mol. The number of aromatic carboxylic acids is 1. The lowest BCUT2D eigenvalue weighted by Gasteiger charge is -2.16. The molecule has 0 bridgehead atoms. The van der Waals surface area contributed by atoms with E-state index in [-0.39, 0.29) is 0 Å². The van der Waals surface area contributed by atoms with Crippen LogP contribution in [0.4, 0.5) is 17.6 Å². The average Bonchev–Trinajstić information content (AvgIpc) is 2.53. The van der Waals surface area contributed by atoms with E-state index in [2.05, 4.69) is 5.32 Å². The fraction of sp³-hybridized carbons (Fsp3) is 0.125. The third-order valence-electron chi connectivity index (χ3n) is 3.35. The van der Waals surface area contributed by atoms with E-state index in [1.807, 2.05) is 0 Å². The molecule has 24 heavy (non-hydrogen) atoms. The van der Waals surface area contributed by atoms with Crippen molar-refractivity contribution < 1.29 is 32.3 Å². The molecule has 0 aromatic heterocycles. The zero-order valence-electron chi connectivity index (χ0n) is 12.2. The number of halogens is 4. The molecule has 0 saturated carbocycles. The van der Waals surface area contributed by atoms with Gasteiger partial charge < -0.3 is 10.4 Å². The molecule has 2 rings (SSSR count). The van der Waals surface area contributed by atoms with E-state index >= 15 is 0 Å². The summed E-state index contributed by atoms with van der Waals surface area (Å²) in [6.45, 7) is 1.50. The molecule has 0 saturated heterocycles. The Morgan fingerprint density at radius 3 is 2.00 bits per heavy atom. The first-order valence-corrected chi connectivity index (χ1v) is 6.70. The minimum Gasteiger partial charge on any atom is -0.477 e. The summed E-state index contributed by atoms with van der Waals surface area (Å²) >= 11 is 0. The summed E-state index contributed by atoms with van der Waals surface area (Å²) in [7, 11) is 0. The van der Waals surface area contributed by atoms with Crippen LogP contribution >= 0.6 is 0 Å². The number of carboxylic acid groups (broad SMARTS) is 1. The van der Waals surface area contributed by atoms with Gasteiger partial charge in [-0.05, 0) is 12.5 Å². The molecule has 2 aromatic carbocycles. The highest BCUT2D eigenvalue weighted by molar-refractivity contribution is 5.98. The van der Waals surface area contributed by atoms with Gasteiger partial charge in [-0.1, -0.05) is 30.3 Å². The summed E-state index contributed by atoms with van der Waals surface area (Å²) in [4.78, 5) is 22.9. The summed E-state index contributed by atoms with van der Waals surface area (Å²) in [5, 5.41) is 10.9. The largest absolute Gasteiger partial charge is 0.477 e. The molecule has 4 nitrogen and oxygen atoms in total. The van der Waals surface area contributed by atoms with Gasteiger partial charge in [0.15, 0.2) is 23.3 Å². The lowest BCUT2D eigenvalue weighted by Crippen LogP contribution is -2.30. The van der Waals surface area contributed by atoms with Crippen molar-refractivity contribution in [2.45, 2.75) is 13.0 Å². The summed E-state index contributed by atoms with van der Waals surface area (Å²) in [6.07, 6.45) is 0. The SMILES string of the molecule is C[C@@H](NC(=O)c1c(F)c(F)c(F)c(C(=O)O)c1F)c1ccccc1. The maximum Gasteiger partial charge on any atom is 0.341 e. The Kier molecular flexibility index (Phi) is 4.87. The number of amides is 1. The third kappa shape index (κ3) is 3.08. The Morgan fingerprint density at radius 1 is 0.917 bits per heavy atom. The molecular weight excluding hydrogens is 330 g/mol. The molecule has 0 aliphatic heterocycles. The number of rotatable bonds is 4. The van der Waals surface area contributed by atoms with Gasteiger partial charge in [-0.25, -0.2) is 22.4 Å². The normalized spacial score (nSPS) is 11.9. The lowest BCUT2D eigenvalue weighted by molar-refractivity contribution is 0.0684. The van der Waals surface area contributed by atoms with Crippen LogP contribution in [0.2, 0.25) is 0 Å². The van der Waals surface area contributed by atoms with Crippen molar-refractivity contribution in [3.8, 4) is 0 Å². The van der Waals surface area contributed by atoms with Gasteiger partial charge in [0.05, 0.1) is 6.04 Å². The molecule has 0 unspecified atom stereocenters. The lowest BCUT2D eigenvalue weighted by atomic mass is 10.0. The first-order chi connectivity index (χ1) is 11.3. The topological polar surface area (TPSA) is 66.4 Å². The van der Waals surface area contributed by atoms with Crippen LogP contribution in [0.25, 0.3) is 0 Å². The third-order valence-corrected chi connectivity index (χ3v) is 3.35. The summed E-state index contributed by atoms with van der Waals surface area (Å²) < 4.78 is 54.6. The van der Waals surface area contributed by atoms with E-state index in [0.29, 0.717) is 5.56 Å². The Bertz CT molecular complexity index is 809. The highest BCUT2D eigenvalue weighted by Crippen LogP contribution is 2.25. The Balaban J connectivity index is 2.45. The summed E-state index contributed by atoms with van der Waals surface area (Å²) in [5.74, 6) is -12.1. The smallest absolute Gasteiger partial charge is 0.341 e. The highest BCUT2D eigenvalue weighted by atomic mass is 19.2. The monoisotopic (exact) mass is 341 g/mol. The molecule has 0 aliphatic carbocycles. The molecule has 0 heterocycles. The minimum absolute atomic E-state index is 0.590.